The van der Waals surface area contributed by atoms with E-state index < -0.39 is 21.8 Å². The van der Waals surface area contributed by atoms with Crippen molar-refractivity contribution in [1.82, 2.24) is 4.98 Å². The van der Waals surface area contributed by atoms with Gasteiger partial charge in [-0.25, -0.2) is 0 Å². The van der Waals surface area contributed by atoms with Crippen molar-refractivity contribution in [2.75, 3.05) is 0 Å². The molecular weight excluding hydrogens is 591 g/mol. The summed E-state index contributed by atoms with van der Waals surface area (Å²) in [5, 5.41) is 5.48. The van der Waals surface area contributed by atoms with Crippen LogP contribution in [0.4, 0.5) is 0 Å². The van der Waals surface area contributed by atoms with E-state index in [-0.39, 0.29) is 5.41 Å². The van der Waals surface area contributed by atoms with Gasteiger partial charge in [0.15, 0.2) is 0 Å². The average Bonchev–Trinajstić information content (AvgIpc) is 3.12. The van der Waals surface area contributed by atoms with Gasteiger partial charge in [0.25, 0.3) is 0 Å². The van der Waals surface area contributed by atoms with Crippen LogP contribution >= 0.6 is 11.3 Å². The van der Waals surface area contributed by atoms with E-state index in [0.29, 0.717) is 0 Å². The van der Waals surface area contributed by atoms with Gasteiger partial charge in [0, 0.05) is 0 Å². The third kappa shape index (κ3) is 3.92. The Morgan fingerprint density at radius 1 is 0.839 bits per heavy atom. The molecular formula is C28H28BiNS. The van der Waals surface area contributed by atoms with Crippen LogP contribution in [0.3, 0.4) is 0 Å². The van der Waals surface area contributed by atoms with Gasteiger partial charge in [-0.05, 0) is 0 Å². The van der Waals surface area contributed by atoms with Crippen molar-refractivity contribution in [3.05, 3.63) is 72.4 Å². The van der Waals surface area contributed by atoms with Crippen LogP contribution in [0.25, 0.3) is 42.2 Å². The first-order valence-corrected chi connectivity index (χ1v) is 20.3. The van der Waals surface area contributed by atoms with Crippen LogP contribution in [-0.2, 0) is 6.42 Å². The number of hydrogen-bond acceptors (Lipinski definition) is 2. The Balaban J connectivity index is 1.78. The van der Waals surface area contributed by atoms with Crippen molar-refractivity contribution >= 4 is 67.3 Å². The summed E-state index contributed by atoms with van der Waals surface area (Å²) in [5.41, 5.74) is 4.13. The van der Waals surface area contributed by atoms with E-state index in [0.717, 1.165) is 12.1 Å². The van der Waals surface area contributed by atoms with Gasteiger partial charge < -0.3 is 0 Å². The Bertz CT molecular complexity index is 1420. The first kappa shape index (κ1) is 21.0. The van der Waals surface area contributed by atoms with Crippen molar-refractivity contribution < 1.29 is 0 Å². The molecule has 3 heteroatoms. The number of aromatic nitrogens is 1. The Kier molecular flexibility index (Phi) is 5.39. The van der Waals surface area contributed by atoms with Crippen LogP contribution in [-0.4, -0.2) is 26.7 Å². The maximum absolute atomic E-state index is 4.92. The van der Waals surface area contributed by atoms with Crippen molar-refractivity contribution in [1.29, 1.82) is 0 Å². The topological polar surface area (TPSA) is 12.9 Å². The molecule has 0 fully saturated rings. The summed E-state index contributed by atoms with van der Waals surface area (Å²) < 4.78 is 9.29. The molecule has 0 aliphatic heterocycles. The van der Waals surface area contributed by atoms with Gasteiger partial charge in [0.05, 0.1) is 0 Å². The van der Waals surface area contributed by atoms with Gasteiger partial charge >= 0.3 is 198 Å². The summed E-state index contributed by atoms with van der Waals surface area (Å²) in [6.07, 6.45) is 3.08. The fourth-order valence-corrected chi connectivity index (χ4v) is 10.0. The molecule has 0 aliphatic rings. The molecule has 0 amide bonds. The second-order valence-corrected chi connectivity index (χ2v) is 19.6. The molecule has 2 heterocycles. The van der Waals surface area contributed by atoms with E-state index in [2.05, 4.69) is 90.7 Å². The molecule has 0 spiro atoms. The number of thiophene rings is 1. The van der Waals surface area contributed by atoms with Crippen molar-refractivity contribution in [2.24, 2.45) is 5.41 Å². The van der Waals surface area contributed by atoms with Crippen LogP contribution in [0.1, 0.15) is 26.3 Å². The maximum atomic E-state index is 4.92. The van der Waals surface area contributed by atoms with E-state index in [1.807, 2.05) is 17.5 Å². The SMILES string of the molecule is [CH3][Bi]([CH3])[c]1cc(-c2nccc3c2sc2c(CC(C)(C)C)cccc23)cc2ccccc12. The molecule has 0 unspecified atom stereocenters. The monoisotopic (exact) mass is 619 g/mol. The van der Waals surface area contributed by atoms with E-state index in [4.69, 9.17) is 4.98 Å². The zero-order valence-corrected chi connectivity index (χ0v) is 23.2. The summed E-state index contributed by atoms with van der Waals surface area (Å²) >= 11 is 0.273. The molecule has 0 saturated heterocycles. The van der Waals surface area contributed by atoms with E-state index in [1.165, 1.54) is 42.1 Å². The Morgan fingerprint density at radius 3 is 2.35 bits per heavy atom. The van der Waals surface area contributed by atoms with Crippen molar-refractivity contribution in [3.63, 3.8) is 0 Å². The summed E-state index contributed by atoms with van der Waals surface area (Å²) in [5.74, 6) is 0. The molecule has 0 bridgehead atoms. The number of hydrogen-bond donors (Lipinski definition) is 0. The van der Waals surface area contributed by atoms with Gasteiger partial charge in [-0.3, -0.25) is 0 Å². The van der Waals surface area contributed by atoms with E-state index in [9.17, 15) is 0 Å². The molecule has 5 rings (SSSR count). The summed E-state index contributed by atoms with van der Waals surface area (Å²) in [6, 6.07) is 22.6. The minimum absolute atomic E-state index is 0.267. The molecule has 0 N–H and O–H groups in total. The molecule has 0 radical (unpaired) electrons. The van der Waals surface area contributed by atoms with E-state index in [1.54, 1.807) is 3.27 Å². The van der Waals surface area contributed by atoms with Crippen LogP contribution in [0.2, 0.25) is 9.26 Å². The van der Waals surface area contributed by atoms with Crippen LogP contribution in [0.15, 0.2) is 66.9 Å². The summed E-state index contributed by atoms with van der Waals surface area (Å²) in [7, 11) is 0. The number of benzene rings is 3. The van der Waals surface area contributed by atoms with Gasteiger partial charge in [-0.1, -0.05) is 0 Å². The molecule has 156 valence electrons. The zero-order valence-electron chi connectivity index (χ0n) is 18.9. The predicted octanol–water partition coefficient (Wildman–Crippen LogP) is 7.82. The van der Waals surface area contributed by atoms with Gasteiger partial charge in [0.1, 0.15) is 0 Å². The Hall–Kier alpha value is -1.83. The van der Waals surface area contributed by atoms with Gasteiger partial charge in [-0.15, -0.1) is 0 Å². The molecule has 1 nitrogen and oxygen atoms in total. The molecule has 2 aromatic heterocycles. The average molecular weight is 620 g/mol. The molecule has 3 aromatic carbocycles. The molecule has 5 aromatic rings. The number of pyridine rings is 1. The quantitative estimate of drug-likeness (QED) is 0.188. The van der Waals surface area contributed by atoms with Crippen molar-refractivity contribution in [3.8, 4) is 11.3 Å². The zero-order chi connectivity index (χ0) is 21.8. The Labute approximate surface area is 196 Å². The second kappa shape index (κ2) is 7.94. The molecule has 0 saturated carbocycles. The first-order chi connectivity index (χ1) is 14.8. The molecule has 31 heavy (non-hydrogen) atoms. The van der Waals surface area contributed by atoms with Crippen LogP contribution in [0.5, 0.6) is 0 Å². The minimum atomic E-state index is -1.65. The summed E-state index contributed by atoms with van der Waals surface area (Å²) in [4.78, 5) is 4.92. The van der Waals surface area contributed by atoms with Gasteiger partial charge in [-0.2, -0.15) is 0 Å². The van der Waals surface area contributed by atoms with Gasteiger partial charge in [0.2, 0.25) is 0 Å². The number of rotatable bonds is 3. The fourth-order valence-electron chi connectivity index (χ4n) is 4.50. The van der Waals surface area contributed by atoms with Crippen LogP contribution < -0.4 is 3.27 Å². The predicted molar refractivity (Wildman–Crippen MR) is 140 cm³/mol. The second-order valence-electron chi connectivity index (χ2n) is 9.78. The third-order valence-corrected chi connectivity index (χ3v) is 12.3. The Morgan fingerprint density at radius 2 is 1.58 bits per heavy atom. The number of fused-ring (bicyclic) bond motifs is 4. The molecule has 0 atom stereocenters. The standard InChI is InChI=1S/C26H22NS.2CH3.Bi/c1-26(2,3)16-20-9-6-10-21-22-13-14-27-23(25(22)28-24(20)21)19-12-11-17-7-4-5-8-18(17)15-19;;;/h4-10,12-15H,16H2,1-3H3;2*1H3;. The molecule has 0 aliphatic carbocycles. The summed E-state index contributed by atoms with van der Waals surface area (Å²) in [6.45, 7) is 6.96. The van der Waals surface area contributed by atoms with Crippen molar-refractivity contribution in [2.45, 2.75) is 36.5 Å². The van der Waals surface area contributed by atoms with Crippen LogP contribution in [0, 0.1) is 5.41 Å². The first-order valence-electron chi connectivity index (χ1n) is 10.8. The third-order valence-electron chi connectivity index (χ3n) is 5.81. The normalized spacial score (nSPS) is 12.5. The number of nitrogens with zero attached hydrogens (tertiary/aromatic N) is 1. The fraction of sp³-hybridized carbons (Fsp3) is 0.250. The van der Waals surface area contributed by atoms with E-state index >= 15 is 0 Å².